The molecule has 0 saturated carbocycles. The zero-order valence-corrected chi connectivity index (χ0v) is 12.0. The number of urea groups is 1. The first-order chi connectivity index (χ1) is 9.54. The number of hydrogen-bond acceptors (Lipinski definition) is 3. The van der Waals surface area contributed by atoms with Gasteiger partial charge in [0.05, 0.1) is 5.69 Å². The van der Waals surface area contributed by atoms with Gasteiger partial charge in [-0.2, -0.15) is 0 Å². The molecule has 1 aromatic carbocycles. The number of nitrogens with zero attached hydrogens (tertiary/aromatic N) is 2. The lowest BCUT2D eigenvalue weighted by atomic mass is 10.2. The van der Waals surface area contributed by atoms with E-state index in [1.54, 1.807) is 17.0 Å². The van der Waals surface area contributed by atoms with Crippen molar-refractivity contribution in [2.45, 2.75) is 39.3 Å². The van der Waals surface area contributed by atoms with E-state index in [0.29, 0.717) is 31.6 Å². The third-order valence-electron chi connectivity index (χ3n) is 3.50. The fourth-order valence-electron chi connectivity index (χ4n) is 2.40. The second-order valence-electron chi connectivity index (χ2n) is 5.28. The van der Waals surface area contributed by atoms with Crippen molar-refractivity contribution in [1.29, 1.82) is 0 Å². The van der Waals surface area contributed by atoms with Gasteiger partial charge in [0.25, 0.3) is 0 Å². The normalized spacial score (nSPS) is 16.8. The van der Waals surface area contributed by atoms with E-state index in [2.05, 4.69) is 0 Å². The van der Waals surface area contributed by atoms with Crippen LogP contribution in [0.2, 0.25) is 0 Å². The first kappa shape index (κ1) is 14.5. The quantitative estimate of drug-likeness (QED) is 0.918. The summed E-state index contributed by atoms with van der Waals surface area (Å²) in [6.07, 6.45) is 1.09. The number of anilines is 1. The summed E-state index contributed by atoms with van der Waals surface area (Å²) in [4.78, 5) is 27.9. The van der Waals surface area contributed by atoms with Gasteiger partial charge in [-0.1, -0.05) is 12.1 Å². The van der Waals surface area contributed by atoms with Gasteiger partial charge in [0.15, 0.2) is 0 Å². The van der Waals surface area contributed by atoms with E-state index in [9.17, 15) is 9.59 Å². The van der Waals surface area contributed by atoms with Gasteiger partial charge < -0.3 is 10.6 Å². The predicted molar refractivity (Wildman–Crippen MR) is 78.3 cm³/mol. The van der Waals surface area contributed by atoms with Crippen LogP contribution in [-0.4, -0.2) is 29.4 Å². The first-order valence-electron chi connectivity index (χ1n) is 6.97. The van der Waals surface area contributed by atoms with Gasteiger partial charge in [0, 0.05) is 25.6 Å². The van der Waals surface area contributed by atoms with Crippen molar-refractivity contribution in [1.82, 2.24) is 4.90 Å². The van der Waals surface area contributed by atoms with Crippen molar-refractivity contribution < 1.29 is 9.59 Å². The Kier molecular flexibility index (Phi) is 4.39. The van der Waals surface area contributed by atoms with Crippen molar-refractivity contribution in [3.63, 3.8) is 0 Å². The van der Waals surface area contributed by atoms with Crippen LogP contribution in [-0.2, 0) is 11.3 Å². The Morgan fingerprint density at radius 3 is 2.70 bits per heavy atom. The maximum Gasteiger partial charge on any atom is 0.331 e. The SMILES string of the molecule is CC(C)N1CCCC(=O)N(c2cccc(CN)c2)C1=O. The molecule has 0 radical (unpaired) electrons. The van der Waals surface area contributed by atoms with Crippen molar-refractivity contribution in [3.05, 3.63) is 29.8 Å². The summed E-state index contributed by atoms with van der Waals surface area (Å²) in [5.74, 6) is -0.146. The van der Waals surface area contributed by atoms with E-state index in [4.69, 9.17) is 5.73 Å². The molecule has 3 amide bonds. The van der Waals surface area contributed by atoms with Crippen LogP contribution in [0.1, 0.15) is 32.3 Å². The molecule has 0 bridgehead atoms. The van der Waals surface area contributed by atoms with Crippen LogP contribution in [0.3, 0.4) is 0 Å². The molecule has 5 heteroatoms. The number of rotatable bonds is 3. The van der Waals surface area contributed by atoms with Gasteiger partial charge in [-0.15, -0.1) is 0 Å². The topological polar surface area (TPSA) is 66.6 Å². The summed E-state index contributed by atoms with van der Waals surface area (Å²) >= 11 is 0. The highest BCUT2D eigenvalue weighted by atomic mass is 16.2. The number of amides is 3. The molecule has 1 heterocycles. The first-order valence-corrected chi connectivity index (χ1v) is 6.97. The van der Waals surface area contributed by atoms with Crippen LogP contribution in [0.15, 0.2) is 24.3 Å². The monoisotopic (exact) mass is 275 g/mol. The second-order valence-corrected chi connectivity index (χ2v) is 5.28. The lowest BCUT2D eigenvalue weighted by Gasteiger charge is -2.29. The zero-order chi connectivity index (χ0) is 14.7. The van der Waals surface area contributed by atoms with E-state index in [0.717, 1.165) is 5.56 Å². The molecular weight excluding hydrogens is 254 g/mol. The molecule has 0 spiro atoms. The Morgan fingerprint density at radius 2 is 2.05 bits per heavy atom. The molecule has 0 unspecified atom stereocenters. The second kappa shape index (κ2) is 6.05. The smallest absolute Gasteiger partial charge is 0.326 e. The van der Waals surface area contributed by atoms with Crippen molar-refractivity contribution in [2.24, 2.45) is 5.73 Å². The number of carbonyl (C=O) groups excluding carboxylic acids is 2. The van der Waals surface area contributed by atoms with Gasteiger partial charge >= 0.3 is 6.03 Å². The van der Waals surface area contributed by atoms with E-state index in [1.165, 1.54) is 4.90 Å². The highest BCUT2D eigenvalue weighted by Crippen LogP contribution is 2.23. The summed E-state index contributed by atoms with van der Waals surface area (Å²) in [6, 6.07) is 7.13. The molecule has 0 aromatic heterocycles. The molecule has 0 atom stereocenters. The molecule has 20 heavy (non-hydrogen) atoms. The maximum atomic E-state index is 12.6. The van der Waals surface area contributed by atoms with Gasteiger partial charge in [-0.25, -0.2) is 9.69 Å². The number of nitrogens with two attached hydrogens (primary N) is 1. The van der Waals surface area contributed by atoms with Gasteiger partial charge in [0.1, 0.15) is 0 Å². The molecule has 1 fully saturated rings. The number of benzene rings is 1. The maximum absolute atomic E-state index is 12.6. The van der Waals surface area contributed by atoms with Gasteiger partial charge in [0.2, 0.25) is 5.91 Å². The van der Waals surface area contributed by atoms with Crippen molar-refractivity contribution >= 4 is 17.6 Å². The number of hydrogen-bond donors (Lipinski definition) is 1. The van der Waals surface area contributed by atoms with Crippen molar-refractivity contribution in [2.75, 3.05) is 11.4 Å². The molecule has 2 rings (SSSR count). The fourth-order valence-corrected chi connectivity index (χ4v) is 2.40. The Balaban J connectivity index is 2.38. The minimum Gasteiger partial charge on any atom is -0.326 e. The lowest BCUT2D eigenvalue weighted by molar-refractivity contribution is -0.117. The molecule has 1 saturated heterocycles. The molecule has 1 aliphatic rings. The molecule has 0 aliphatic carbocycles. The predicted octanol–water partition coefficient (Wildman–Crippen LogP) is 2.10. The Hall–Kier alpha value is -1.88. The van der Waals surface area contributed by atoms with E-state index >= 15 is 0 Å². The molecule has 108 valence electrons. The standard InChI is InChI=1S/C15H21N3O2/c1-11(2)17-8-4-7-14(19)18(15(17)20)13-6-3-5-12(9-13)10-16/h3,5-6,9,11H,4,7-8,10,16H2,1-2H3. The van der Waals surface area contributed by atoms with Gasteiger partial charge in [-0.05, 0) is 38.0 Å². The minimum absolute atomic E-state index is 0.0774. The van der Waals surface area contributed by atoms with E-state index in [-0.39, 0.29) is 18.0 Å². The van der Waals surface area contributed by atoms with E-state index in [1.807, 2.05) is 26.0 Å². The molecule has 2 N–H and O–H groups in total. The van der Waals surface area contributed by atoms with Crippen LogP contribution in [0.5, 0.6) is 0 Å². The number of imide groups is 1. The highest BCUT2D eigenvalue weighted by molar-refractivity contribution is 6.14. The molecular formula is C15H21N3O2. The summed E-state index contributed by atoms with van der Waals surface area (Å²) in [5, 5.41) is 0. The summed E-state index contributed by atoms with van der Waals surface area (Å²) in [6.45, 7) is 4.93. The van der Waals surface area contributed by atoms with Crippen LogP contribution in [0.25, 0.3) is 0 Å². The summed E-state index contributed by atoms with van der Waals surface area (Å²) < 4.78 is 0. The van der Waals surface area contributed by atoms with Crippen LogP contribution < -0.4 is 10.6 Å². The van der Waals surface area contributed by atoms with E-state index < -0.39 is 0 Å². The molecule has 1 aromatic rings. The number of carbonyl (C=O) groups is 2. The Labute approximate surface area is 119 Å². The van der Waals surface area contributed by atoms with Gasteiger partial charge in [-0.3, -0.25) is 4.79 Å². The zero-order valence-electron chi connectivity index (χ0n) is 12.0. The fraction of sp³-hybridized carbons (Fsp3) is 0.467. The van der Waals surface area contributed by atoms with Crippen molar-refractivity contribution in [3.8, 4) is 0 Å². The lowest BCUT2D eigenvalue weighted by Crippen LogP contribution is -2.47. The Bertz CT molecular complexity index is 514. The van der Waals surface area contributed by atoms with Crippen LogP contribution in [0, 0.1) is 0 Å². The summed E-state index contributed by atoms with van der Waals surface area (Å²) in [7, 11) is 0. The average Bonchev–Trinajstić information content (AvgIpc) is 2.57. The third kappa shape index (κ3) is 2.82. The Morgan fingerprint density at radius 1 is 1.30 bits per heavy atom. The largest absolute Gasteiger partial charge is 0.331 e. The van der Waals surface area contributed by atoms with Crippen LogP contribution in [0.4, 0.5) is 10.5 Å². The van der Waals surface area contributed by atoms with Crippen LogP contribution >= 0.6 is 0 Å². The third-order valence-corrected chi connectivity index (χ3v) is 3.50. The molecule has 5 nitrogen and oxygen atoms in total. The molecule has 1 aliphatic heterocycles. The highest BCUT2D eigenvalue weighted by Gasteiger charge is 2.32. The average molecular weight is 275 g/mol. The minimum atomic E-state index is -0.239. The summed E-state index contributed by atoms with van der Waals surface area (Å²) in [5.41, 5.74) is 7.14.